The Morgan fingerprint density at radius 1 is 1.22 bits per heavy atom. The van der Waals surface area contributed by atoms with Gasteiger partial charge in [0.05, 0.1) is 0 Å². The van der Waals surface area contributed by atoms with E-state index in [1.807, 2.05) is 24.3 Å². The van der Waals surface area contributed by atoms with E-state index in [0.717, 1.165) is 17.3 Å². The van der Waals surface area contributed by atoms with E-state index < -0.39 is 0 Å². The van der Waals surface area contributed by atoms with Gasteiger partial charge in [0.25, 0.3) is 0 Å². The second-order valence-electron chi connectivity index (χ2n) is 6.33. The van der Waals surface area contributed by atoms with Gasteiger partial charge in [0, 0.05) is 40.7 Å². The maximum Gasteiger partial charge on any atom is 0.220 e. The fourth-order valence-electron chi connectivity index (χ4n) is 3.57. The first-order valence-electron chi connectivity index (χ1n) is 8.10. The molecule has 0 spiro atoms. The zero-order valence-electron chi connectivity index (χ0n) is 13.1. The largest absolute Gasteiger partial charge is 0.355 e. The first kappa shape index (κ1) is 18.9. The SMILES string of the molecule is Cl.O=C(CC1CC2CCC(C1)N2)NCCSc1ccc(Cl)cc1. The molecule has 1 aromatic rings. The molecule has 3 nitrogen and oxygen atoms in total. The number of amides is 1. The van der Waals surface area contributed by atoms with Gasteiger partial charge in [-0.3, -0.25) is 4.79 Å². The summed E-state index contributed by atoms with van der Waals surface area (Å²) in [5, 5.41) is 7.44. The van der Waals surface area contributed by atoms with Crippen LogP contribution >= 0.6 is 35.8 Å². The van der Waals surface area contributed by atoms with Gasteiger partial charge in [0.2, 0.25) is 5.91 Å². The Hall–Kier alpha value is -0.420. The monoisotopic (exact) mass is 374 g/mol. The fourth-order valence-corrected chi connectivity index (χ4v) is 4.46. The third-order valence-electron chi connectivity index (χ3n) is 4.55. The first-order valence-corrected chi connectivity index (χ1v) is 9.46. The number of hydrogen-bond acceptors (Lipinski definition) is 3. The van der Waals surface area contributed by atoms with Crippen LogP contribution in [0.1, 0.15) is 32.1 Å². The molecule has 2 N–H and O–H groups in total. The van der Waals surface area contributed by atoms with E-state index in [1.165, 1.54) is 30.6 Å². The lowest BCUT2D eigenvalue weighted by atomic mass is 9.89. The quantitative estimate of drug-likeness (QED) is 0.586. The Bertz CT molecular complexity index is 500. The highest BCUT2D eigenvalue weighted by molar-refractivity contribution is 7.99. The van der Waals surface area contributed by atoms with Gasteiger partial charge in [0.15, 0.2) is 0 Å². The summed E-state index contributed by atoms with van der Waals surface area (Å²) < 4.78 is 0. The number of hydrogen-bond donors (Lipinski definition) is 2. The van der Waals surface area contributed by atoms with Crippen molar-refractivity contribution in [3.63, 3.8) is 0 Å². The van der Waals surface area contributed by atoms with Gasteiger partial charge in [-0.15, -0.1) is 24.2 Å². The highest BCUT2D eigenvalue weighted by Crippen LogP contribution is 2.32. The van der Waals surface area contributed by atoms with Gasteiger partial charge in [-0.25, -0.2) is 0 Å². The van der Waals surface area contributed by atoms with E-state index in [0.29, 0.717) is 24.4 Å². The van der Waals surface area contributed by atoms with Crippen LogP contribution in [0.4, 0.5) is 0 Å². The van der Waals surface area contributed by atoms with E-state index in [-0.39, 0.29) is 18.3 Å². The molecule has 2 bridgehead atoms. The highest BCUT2D eigenvalue weighted by Gasteiger charge is 2.33. The summed E-state index contributed by atoms with van der Waals surface area (Å²) in [4.78, 5) is 13.2. The second-order valence-corrected chi connectivity index (χ2v) is 7.94. The van der Waals surface area contributed by atoms with Gasteiger partial charge in [-0.2, -0.15) is 0 Å². The van der Waals surface area contributed by atoms with Crippen LogP contribution in [0.25, 0.3) is 0 Å². The summed E-state index contributed by atoms with van der Waals surface area (Å²) in [5.41, 5.74) is 0. The molecular formula is C17H24Cl2N2OS. The standard InChI is InChI=1S/C17H23ClN2OS.ClH/c18-13-1-5-16(6-2-13)22-8-7-19-17(21)11-12-9-14-3-4-15(10-12)20-14;/h1-2,5-6,12,14-15,20H,3-4,7-11H2,(H,19,21);1H. The minimum Gasteiger partial charge on any atom is -0.355 e. The number of carbonyl (C=O) groups excluding carboxylic acids is 1. The molecule has 2 unspecified atom stereocenters. The minimum atomic E-state index is 0. The van der Waals surface area contributed by atoms with Crippen molar-refractivity contribution >= 4 is 41.7 Å². The lowest BCUT2D eigenvalue weighted by Gasteiger charge is -2.28. The van der Waals surface area contributed by atoms with Crippen molar-refractivity contribution in [1.82, 2.24) is 10.6 Å². The summed E-state index contributed by atoms with van der Waals surface area (Å²) in [6.45, 7) is 0.726. The number of thioether (sulfide) groups is 1. The van der Waals surface area contributed by atoms with Crippen LogP contribution < -0.4 is 10.6 Å². The van der Waals surface area contributed by atoms with Crippen LogP contribution in [0.2, 0.25) is 5.02 Å². The Kier molecular flexibility index (Phi) is 7.54. The van der Waals surface area contributed by atoms with E-state index >= 15 is 0 Å². The molecule has 1 aromatic carbocycles. The predicted octanol–water partition coefficient (Wildman–Crippen LogP) is 3.89. The summed E-state index contributed by atoms with van der Waals surface area (Å²) in [5.74, 6) is 1.68. The molecule has 23 heavy (non-hydrogen) atoms. The lowest BCUT2D eigenvalue weighted by Crippen LogP contribution is -2.39. The van der Waals surface area contributed by atoms with Crippen molar-refractivity contribution in [2.45, 2.75) is 49.1 Å². The Balaban J connectivity index is 0.00000192. The van der Waals surface area contributed by atoms with Gasteiger partial charge in [-0.1, -0.05) is 11.6 Å². The van der Waals surface area contributed by atoms with Gasteiger partial charge >= 0.3 is 0 Å². The molecule has 0 aromatic heterocycles. The molecule has 0 radical (unpaired) electrons. The molecule has 2 aliphatic heterocycles. The van der Waals surface area contributed by atoms with Crippen molar-refractivity contribution in [1.29, 1.82) is 0 Å². The summed E-state index contributed by atoms with van der Waals surface area (Å²) >= 11 is 7.61. The third kappa shape index (κ3) is 5.86. The van der Waals surface area contributed by atoms with Crippen LogP contribution in [0, 0.1) is 5.92 Å². The first-order chi connectivity index (χ1) is 10.7. The Labute approximate surface area is 153 Å². The van der Waals surface area contributed by atoms with E-state index in [2.05, 4.69) is 10.6 Å². The smallest absolute Gasteiger partial charge is 0.220 e. The zero-order valence-corrected chi connectivity index (χ0v) is 15.5. The van der Waals surface area contributed by atoms with Crippen LogP contribution in [0.3, 0.4) is 0 Å². The fraction of sp³-hybridized carbons (Fsp3) is 0.588. The molecular weight excluding hydrogens is 351 g/mol. The highest BCUT2D eigenvalue weighted by atomic mass is 35.5. The van der Waals surface area contributed by atoms with Crippen molar-refractivity contribution < 1.29 is 4.79 Å². The maximum atomic E-state index is 12.0. The van der Waals surface area contributed by atoms with Gasteiger partial charge < -0.3 is 10.6 Å². The molecule has 2 saturated heterocycles. The second kappa shape index (κ2) is 9.16. The lowest BCUT2D eigenvalue weighted by molar-refractivity contribution is -0.122. The number of carbonyl (C=O) groups is 1. The van der Waals surface area contributed by atoms with E-state index in [9.17, 15) is 4.79 Å². The molecule has 2 fully saturated rings. The van der Waals surface area contributed by atoms with Crippen molar-refractivity contribution in [2.24, 2.45) is 5.92 Å². The average Bonchev–Trinajstić information content (AvgIpc) is 2.84. The van der Waals surface area contributed by atoms with Crippen molar-refractivity contribution in [3.05, 3.63) is 29.3 Å². The molecule has 128 valence electrons. The van der Waals surface area contributed by atoms with Crippen molar-refractivity contribution in [3.8, 4) is 0 Å². The Morgan fingerprint density at radius 2 is 1.87 bits per heavy atom. The normalized spacial score (nSPS) is 25.7. The number of halogens is 2. The molecule has 0 saturated carbocycles. The van der Waals surface area contributed by atoms with Gasteiger partial charge in [0.1, 0.15) is 0 Å². The summed E-state index contributed by atoms with van der Waals surface area (Å²) in [6, 6.07) is 9.15. The molecule has 2 heterocycles. The summed E-state index contributed by atoms with van der Waals surface area (Å²) in [7, 11) is 0. The Morgan fingerprint density at radius 3 is 2.52 bits per heavy atom. The molecule has 2 aliphatic rings. The van der Waals surface area contributed by atoms with E-state index in [1.54, 1.807) is 11.8 Å². The molecule has 0 aliphatic carbocycles. The number of fused-ring (bicyclic) bond motifs is 2. The van der Waals surface area contributed by atoms with Crippen LogP contribution in [-0.2, 0) is 4.79 Å². The van der Waals surface area contributed by atoms with Crippen molar-refractivity contribution in [2.75, 3.05) is 12.3 Å². The summed E-state index contributed by atoms with van der Waals surface area (Å²) in [6.07, 6.45) is 5.62. The number of piperidine rings is 1. The third-order valence-corrected chi connectivity index (χ3v) is 5.82. The van der Waals surface area contributed by atoms with Crippen LogP contribution in [0.5, 0.6) is 0 Å². The van der Waals surface area contributed by atoms with E-state index in [4.69, 9.17) is 11.6 Å². The van der Waals surface area contributed by atoms with Crippen LogP contribution in [0.15, 0.2) is 29.2 Å². The maximum absolute atomic E-state index is 12.0. The minimum absolute atomic E-state index is 0. The number of benzene rings is 1. The number of nitrogens with one attached hydrogen (secondary N) is 2. The topological polar surface area (TPSA) is 41.1 Å². The number of rotatable bonds is 6. The average molecular weight is 375 g/mol. The molecule has 2 atom stereocenters. The molecule has 6 heteroatoms. The molecule has 3 rings (SSSR count). The predicted molar refractivity (Wildman–Crippen MR) is 99.7 cm³/mol. The van der Waals surface area contributed by atoms with Crippen LogP contribution in [-0.4, -0.2) is 30.3 Å². The van der Waals surface area contributed by atoms with Gasteiger partial charge in [-0.05, 0) is 55.9 Å². The molecule has 1 amide bonds. The zero-order chi connectivity index (χ0) is 15.4.